The van der Waals surface area contributed by atoms with Crippen molar-refractivity contribution in [3.8, 4) is 11.3 Å². The summed E-state index contributed by atoms with van der Waals surface area (Å²) in [5.74, 6) is 5.77. The van der Waals surface area contributed by atoms with Crippen molar-refractivity contribution in [1.82, 2.24) is 9.97 Å². The number of halogens is 2. The summed E-state index contributed by atoms with van der Waals surface area (Å²) in [7, 11) is 0. The predicted octanol–water partition coefficient (Wildman–Crippen LogP) is 2.98. The number of aromatic nitrogens is 2. The second kappa shape index (κ2) is 4.33. The molecule has 0 spiro atoms. The minimum Gasteiger partial charge on any atom is -0.327 e. The number of nitrogen functional groups attached to an aromatic ring is 1. The van der Waals surface area contributed by atoms with Crippen LogP contribution in [0.2, 0.25) is 10.0 Å². The monoisotopic (exact) mass is 256 g/mol. The molecule has 0 atom stereocenters. The molecule has 0 fully saturated rings. The van der Waals surface area contributed by atoms with Gasteiger partial charge in [0, 0.05) is 16.3 Å². The van der Waals surface area contributed by atoms with E-state index in [1.807, 2.05) is 13.0 Å². The minimum atomic E-state index is 0.499. The number of nitrogens with one attached hydrogen (secondary N) is 2. The van der Waals surface area contributed by atoms with Crippen LogP contribution in [0.25, 0.3) is 11.3 Å². The highest BCUT2D eigenvalue weighted by Crippen LogP contribution is 2.31. The highest BCUT2D eigenvalue weighted by Gasteiger charge is 2.11. The molecule has 0 saturated carbocycles. The van der Waals surface area contributed by atoms with E-state index in [9.17, 15) is 0 Å². The molecule has 0 bridgehead atoms. The zero-order valence-electron chi connectivity index (χ0n) is 8.51. The molecule has 0 aliphatic carbocycles. The van der Waals surface area contributed by atoms with Crippen LogP contribution in [0.15, 0.2) is 18.2 Å². The SMILES string of the molecule is Cc1[nH]c(NN)nc1-c1ccc(Cl)cc1Cl. The molecule has 6 heteroatoms. The van der Waals surface area contributed by atoms with E-state index in [0.717, 1.165) is 17.0 Å². The first-order valence-electron chi connectivity index (χ1n) is 4.60. The summed E-state index contributed by atoms with van der Waals surface area (Å²) in [4.78, 5) is 7.27. The number of nitrogens with zero attached hydrogens (tertiary/aromatic N) is 1. The lowest BCUT2D eigenvalue weighted by Crippen LogP contribution is -2.07. The third-order valence-electron chi connectivity index (χ3n) is 2.21. The smallest absolute Gasteiger partial charge is 0.215 e. The van der Waals surface area contributed by atoms with Crippen LogP contribution in [0.3, 0.4) is 0 Å². The molecule has 84 valence electrons. The Labute approximate surface area is 103 Å². The summed E-state index contributed by atoms with van der Waals surface area (Å²) < 4.78 is 0. The van der Waals surface area contributed by atoms with Crippen molar-refractivity contribution in [1.29, 1.82) is 0 Å². The fraction of sp³-hybridized carbons (Fsp3) is 0.100. The highest BCUT2D eigenvalue weighted by atomic mass is 35.5. The lowest BCUT2D eigenvalue weighted by molar-refractivity contribution is 1.18. The van der Waals surface area contributed by atoms with Gasteiger partial charge in [-0.25, -0.2) is 10.8 Å². The molecule has 2 aromatic rings. The van der Waals surface area contributed by atoms with Gasteiger partial charge in [-0.1, -0.05) is 23.2 Å². The molecule has 0 radical (unpaired) electrons. The lowest BCUT2D eigenvalue weighted by Gasteiger charge is -2.02. The Morgan fingerprint density at radius 2 is 2.12 bits per heavy atom. The first kappa shape index (κ1) is 11.3. The molecule has 0 unspecified atom stereocenters. The van der Waals surface area contributed by atoms with E-state index in [1.165, 1.54) is 0 Å². The van der Waals surface area contributed by atoms with E-state index in [2.05, 4.69) is 15.4 Å². The van der Waals surface area contributed by atoms with Gasteiger partial charge in [-0.15, -0.1) is 0 Å². The zero-order chi connectivity index (χ0) is 11.7. The maximum atomic E-state index is 6.10. The number of anilines is 1. The third kappa shape index (κ3) is 2.00. The fourth-order valence-electron chi connectivity index (χ4n) is 1.47. The number of aryl methyl sites for hydroxylation is 1. The third-order valence-corrected chi connectivity index (χ3v) is 2.76. The summed E-state index contributed by atoms with van der Waals surface area (Å²) in [6.07, 6.45) is 0. The van der Waals surface area contributed by atoms with Crippen LogP contribution in [-0.2, 0) is 0 Å². The second-order valence-corrected chi connectivity index (χ2v) is 4.17. The fourth-order valence-corrected chi connectivity index (χ4v) is 1.97. The summed E-state index contributed by atoms with van der Waals surface area (Å²) in [6, 6.07) is 5.28. The standard InChI is InChI=1S/C10H10Cl2N4/c1-5-9(15-10(14-5)16-13)7-3-2-6(11)4-8(7)12/h2-4H,13H2,1H3,(H2,14,15,16). The molecular weight excluding hydrogens is 247 g/mol. The van der Waals surface area contributed by atoms with Crippen LogP contribution in [0.4, 0.5) is 5.95 Å². The Kier molecular flexibility index (Phi) is 3.05. The van der Waals surface area contributed by atoms with Gasteiger partial charge < -0.3 is 4.98 Å². The Hall–Kier alpha value is -1.23. The number of hydrogen-bond acceptors (Lipinski definition) is 3. The van der Waals surface area contributed by atoms with Gasteiger partial charge in [0.2, 0.25) is 5.95 Å². The summed E-state index contributed by atoms with van der Waals surface area (Å²) >= 11 is 11.9. The first-order chi connectivity index (χ1) is 7.61. The van der Waals surface area contributed by atoms with Gasteiger partial charge in [0.05, 0.1) is 10.7 Å². The Morgan fingerprint density at radius 1 is 1.38 bits per heavy atom. The second-order valence-electron chi connectivity index (χ2n) is 3.33. The van der Waals surface area contributed by atoms with Crippen LogP contribution in [0.5, 0.6) is 0 Å². The van der Waals surface area contributed by atoms with Crippen LogP contribution in [0.1, 0.15) is 5.69 Å². The van der Waals surface area contributed by atoms with Crippen molar-refractivity contribution in [3.05, 3.63) is 33.9 Å². The van der Waals surface area contributed by atoms with Crippen LogP contribution in [-0.4, -0.2) is 9.97 Å². The van der Waals surface area contributed by atoms with Gasteiger partial charge in [-0.2, -0.15) is 0 Å². The van der Waals surface area contributed by atoms with Crippen LogP contribution in [0, 0.1) is 6.92 Å². The first-order valence-corrected chi connectivity index (χ1v) is 5.36. The van der Waals surface area contributed by atoms with Crippen molar-refractivity contribution in [2.24, 2.45) is 5.84 Å². The van der Waals surface area contributed by atoms with Crippen molar-refractivity contribution in [3.63, 3.8) is 0 Å². The largest absolute Gasteiger partial charge is 0.327 e. The molecule has 4 N–H and O–H groups in total. The Bertz CT molecular complexity index is 522. The number of aromatic amines is 1. The van der Waals surface area contributed by atoms with Gasteiger partial charge >= 0.3 is 0 Å². The van der Waals surface area contributed by atoms with Crippen LogP contribution < -0.4 is 11.3 Å². The van der Waals surface area contributed by atoms with Gasteiger partial charge in [-0.05, 0) is 25.1 Å². The molecule has 0 aliphatic rings. The predicted molar refractivity (Wildman–Crippen MR) is 66.6 cm³/mol. The minimum absolute atomic E-state index is 0.499. The van der Waals surface area contributed by atoms with Gasteiger partial charge in [0.15, 0.2) is 0 Å². The number of nitrogens with two attached hydrogens (primary N) is 1. The average Bonchev–Trinajstić information content (AvgIpc) is 2.60. The van der Waals surface area contributed by atoms with Crippen molar-refractivity contribution >= 4 is 29.2 Å². The number of hydrazine groups is 1. The maximum Gasteiger partial charge on any atom is 0.215 e. The van der Waals surface area contributed by atoms with E-state index in [0.29, 0.717) is 16.0 Å². The van der Waals surface area contributed by atoms with E-state index in [-0.39, 0.29) is 0 Å². The Balaban J connectivity index is 2.53. The zero-order valence-corrected chi connectivity index (χ0v) is 10.0. The van der Waals surface area contributed by atoms with E-state index in [4.69, 9.17) is 29.0 Å². The van der Waals surface area contributed by atoms with Crippen LogP contribution >= 0.6 is 23.2 Å². The molecule has 1 aromatic heterocycles. The molecule has 1 heterocycles. The molecule has 2 rings (SSSR count). The quantitative estimate of drug-likeness (QED) is 0.572. The number of hydrogen-bond donors (Lipinski definition) is 3. The van der Waals surface area contributed by atoms with Crippen molar-refractivity contribution in [2.75, 3.05) is 5.43 Å². The maximum absolute atomic E-state index is 6.10. The lowest BCUT2D eigenvalue weighted by atomic mass is 10.1. The summed E-state index contributed by atoms with van der Waals surface area (Å²) in [5, 5.41) is 1.16. The van der Waals surface area contributed by atoms with Crippen molar-refractivity contribution in [2.45, 2.75) is 6.92 Å². The summed E-state index contributed by atoms with van der Waals surface area (Å²) in [5.41, 5.74) is 4.92. The molecule has 1 aromatic carbocycles. The van der Waals surface area contributed by atoms with Crippen molar-refractivity contribution < 1.29 is 0 Å². The van der Waals surface area contributed by atoms with E-state index >= 15 is 0 Å². The molecular formula is C10H10Cl2N4. The van der Waals surface area contributed by atoms with E-state index in [1.54, 1.807) is 12.1 Å². The number of H-pyrrole nitrogens is 1. The highest BCUT2D eigenvalue weighted by molar-refractivity contribution is 6.36. The van der Waals surface area contributed by atoms with Gasteiger partial charge in [0.1, 0.15) is 0 Å². The molecule has 0 saturated heterocycles. The topological polar surface area (TPSA) is 66.7 Å². The molecule has 0 amide bonds. The molecule has 4 nitrogen and oxygen atoms in total. The molecule has 16 heavy (non-hydrogen) atoms. The number of rotatable bonds is 2. The Morgan fingerprint density at radius 3 is 2.69 bits per heavy atom. The van der Waals surface area contributed by atoms with E-state index < -0.39 is 0 Å². The summed E-state index contributed by atoms with van der Waals surface area (Å²) in [6.45, 7) is 1.90. The average molecular weight is 257 g/mol. The number of imidazole rings is 1. The molecule has 0 aliphatic heterocycles. The normalized spacial score (nSPS) is 10.5. The van der Waals surface area contributed by atoms with Gasteiger partial charge in [-0.3, -0.25) is 5.43 Å². The number of benzene rings is 1. The van der Waals surface area contributed by atoms with Gasteiger partial charge in [0.25, 0.3) is 0 Å².